The summed E-state index contributed by atoms with van der Waals surface area (Å²) in [6.07, 6.45) is 11.1. The molecule has 0 aliphatic heterocycles. The standard InChI is InChI=1S/C35H41Cl4N3O8S/c1-4-6-7-8-9-10-11-12-13-14-29(43)50-33-24(37)17-21(18-25(33)38)34(45)41-26-19-23(36)31(30(39)32(26)44)42-35(46)27(5-2)51(47,48)22-15-16-28(49-3)40-20-22/h15-20,27,44H,4-14H2,1-3H3,(H,41,45)(H,42,46). The van der Waals surface area contributed by atoms with Crippen molar-refractivity contribution in [1.82, 2.24) is 4.98 Å². The lowest BCUT2D eigenvalue weighted by Gasteiger charge is -2.19. The summed E-state index contributed by atoms with van der Waals surface area (Å²) in [4.78, 5) is 42.4. The number of aromatic nitrogens is 1. The number of nitrogens with one attached hydrogen (secondary N) is 2. The average Bonchev–Trinajstić information content (AvgIpc) is 3.09. The number of hydrogen-bond acceptors (Lipinski definition) is 9. The predicted molar refractivity (Wildman–Crippen MR) is 201 cm³/mol. The number of amides is 2. The van der Waals surface area contributed by atoms with Gasteiger partial charge in [-0.1, -0.05) is 112 Å². The molecule has 0 spiro atoms. The van der Waals surface area contributed by atoms with E-state index in [9.17, 15) is 27.9 Å². The summed E-state index contributed by atoms with van der Waals surface area (Å²) in [7, 11) is -2.82. The summed E-state index contributed by atoms with van der Waals surface area (Å²) >= 11 is 25.4. The normalized spacial score (nSPS) is 11.9. The molecule has 0 aliphatic carbocycles. The minimum Gasteiger partial charge on any atom is -0.504 e. The molecular weight excluding hydrogens is 764 g/mol. The molecule has 0 saturated heterocycles. The van der Waals surface area contributed by atoms with Crippen LogP contribution in [0.5, 0.6) is 17.4 Å². The minimum absolute atomic E-state index is 0.0447. The monoisotopic (exact) mass is 803 g/mol. The Kier molecular flexibility index (Phi) is 16.6. The van der Waals surface area contributed by atoms with E-state index in [1.54, 1.807) is 0 Å². The number of ether oxygens (including phenoxy) is 2. The number of phenolic OH excluding ortho intramolecular Hbond substituents is 1. The Hall–Kier alpha value is -3.29. The van der Waals surface area contributed by atoms with Gasteiger partial charge in [-0.2, -0.15) is 0 Å². The van der Waals surface area contributed by atoms with Crippen LogP contribution in [-0.4, -0.2) is 48.7 Å². The number of halogens is 4. The Morgan fingerprint density at radius 3 is 2.02 bits per heavy atom. The molecular formula is C35H41Cl4N3O8S. The highest BCUT2D eigenvalue weighted by Gasteiger charge is 2.34. The first kappa shape index (κ1) is 42.1. The summed E-state index contributed by atoms with van der Waals surface area (Å²) in [5.41, 5.74) is -0.558. The van der Waals surface area contributed by atoms with E-state index in [1.807, 2.05) is 0 Å². The van der Waals surface area contributed by atoms with Crippen molar-refractivity contribution in [2.45, 2.75) is 94.6 Å². The molecule has 0 aliphatic rings. The summed E-state index contributed by atoms with van der Waals surface area (Å²) in [5, 5.41) is 13.2. The third kappa shape index (κ3) is 11.6. The van der Waals surface area contributed by atoms with Crippen molar-refractivity contribution in [3.63, 3.8) is 0 Å². The number of nitrogens with zero attached hydrogens (tertiary/aromatic N) is 1. The fraction of sp³-hybridized carbons (Fsp3) is 0.429. The van der Waals surface area contributed by atoms with Gasteiger partial charge < -0.3 is 25.2 Å². The number of carbonyl (C=O) groups is 3. The molecule has 2 amide bonds. The largest absolute Gasteiger partial charge is 0.504 e. The zero-order chi connectivity index (χ0) is 37.7. The van der Waals surface area contributed by atoms with Crippen LogP contribution >= 0.6 is 46.4 Å². The maximum Gasteiger partial charge on any atom is 0.311 e. The van der Waals surface area contributed by atoms with Crippen molar-refractivity contribution in [1.29, 1.82) is 0 Å². The predicted octanol–water partition coefficient (Wildman–Crippen LogP) is 9.68. The van der Waals surface area contributed by atoms with Gasteiger partial charge in [0.1, 0.15) is 10.3 Å². The summed E-state index contributed by atoms with van der Waals surface area (Å²) in [6, 6.07) is 6.21. The number of unbranched alkanes of at least 4 members (excludes halogenated alkanes) is 8. The van der Waals surface area contributed by atoms with Crippen molar-refractivity contribution in [2.75, 3.05) is 17.7 Å². The van der Waals surface area contributed by atoms with Crippen LogP contribution in [0.1, 0.15) is 94.8 Å². The molecule has 1 heterocycles. The maximum absolute atomic E-state index is 13.2. The van der Waals surface area contributed by atoms with Crippen molar-refractivity contribution in [3.8, 4) is 17.4 Å². The van der Waals surface area contributed by atoms with Gasteiger partial charge in [-0.3, -0.25) is 14.4 Å². The van der Waals surface area contributed by atoms with Gasteiger partial charge in [0.2, 0.25) is 11.8 Å². The second kappa shape index (κ2) is 20.1. The highest BCUT2D eigenvalue weighted by atomic mass is 35.5. The molecule has 0 saturated carbocycles. The van der Waals surface area contributed by atoms with Crippen LogP contribution in [0.2, 0.25) is 20.1 Å². The molecule has 0 fully saturated rings. The van der Waals surface area contributed by atoms with Crippen molar-refractivity contribution in [2.24, 2.45) is 0 Å². The van der Waals surface area contributed by atoms with Crippen molar-refractivity contribution in [3.05, 3.63) is 62.2 Å². The second-order valence-electron chi connectivity index (χ2n) is 11.7. The number of phenols is 1. The van der Waals surface area contributed by atoms with Gasteiger partial charge in [0, 0.05) is 24.2 Å². The number of anilines is 2. The number of pyridine rings is 1. The van der Waals surface area contributed by atoms with Gasteiger partial charge in [0.05, 0.1) is 38.4 Å². The highest BCUT2D eigenvalue weighted by Crippen LogP contribution is 2.43. The zero-order valence-electron chi connectivity index (χ0n) is 28.5. The van der Waals surface area contributed by atoms with E-state index in [1.165, 1.54) is 70.4 Å². The number of aromatic hydroxyl groups is 1. The van der Waals surface area contributed by atoms with Crippen LogP contribution in [0.15, 0.2) is 41.4 Å². The quantitative estimate of drug-likeness (QED) is 0.0464. The molecule has 3 N–H and O–H groups in total. The van der Waals surface area contributed by atoms with Crippen LogP contribution in [0, 0.1) is 0 Å². The van der Waals surface area contributed by atoms with Gasteiger partial charge in [0.25, 0.3) is 5.91 Å². The molecule has 278 valence electrons. The number of hydrogen-bond donors (Lipinski definition) is 3. The lowest BCUT2D eigenvalue weighted by molar-refractivity contribution is -0.134. The fourth-order valence-corrected chi connectivity index (χ4v) is 7.80. The van der Waals surface area contributed by atoms with Gasteiger partial charge in [-0.15, -0.1) is 0 Å². The topological polar surface area (TPSA) is 161 Å². The first-order valence-corrected chi connectivity index (χ1v) is 19.6. The number of sulfone groups is 1. The van der Waals surface area contributed by atoms with Gasteiger partial charge >= 0.3 is 5.97 Å². The Morgan fingerprint density at radius 1 is 0.863 bits per heavy atom. The van der Waals surface area contributed by atoms with Crippen LogP contribution in [-0.2, 0) is 19.4 Å². The third-order valence-corrected chi connectivity index (χ3v) is 11.4. The van der Waals surface area contributed by atoms with Gasteiger partial charge in [0.15, 0.2) is 21.3 Å². The second-order valence-corrected chi connectivity index (χ2v) is 15.4. The molecule has 1 unspecified atom stereocenters. The van der Waals surface area contributed by atoms with E-state index in [-0.39, 0.29) is 61.4 Å². The highest BCUT2D eigenvalue weighted by molar-refractivity contribution is 7.92. The maximum atomic E-state index is 13.2. The molecule has 11 nitrogen and oxygen atoms in total. The first-order chi connectivity index (χ1) is 24.2. The minimum atomic E-state index is -4.20. The van der Waals surface area contributed by atoms with Gasteiger partial charge in [-0.25, -0.2) is 13.4 Å². The van der Waals surface area contributed by atoms with Crippen LogP contribution < -0.4 is 20.1 Å². The van der Waals surface area contributed by atoms with E-state index >= 15 is 0 Å². The van der Waals surface area contributed by atoms with Crippen LogP contribution in [0.25, 0.3) is 0 Å². The summed E-state index contributed by atoms with van der Waals surface area (Å²) in [6.45, 7) is 3.69. The Bertz CT molecular complexity index is 1780. The molecule has 0 bridgehead atoms. The lowest BCUT2D eigenvalue weighted by atomic mass is 10.1. The lowest BCUT2D eigenvalue weighted by Crippen LogP contribution is -2.35. The van der Waals surface area contributed by atoms with Crippen LogP contribution in [0.3, 0.4) is 0 Å². The average molecular weight is 806 g/mol. The molecule has 0 radical (unpaired) electrons. The van der Waals surface area contributed by atoms with Crippen LogP contribution in [0.4, 0.5) is 11.4 Å². The number of benzene rings is 2. The van der Waals surface area contributed by atoms with E-state index < -0.39 is 43.6 Å². The SMILES string of the molecule is CCCCCCCCCCCC(=O)Oc1c(Cl)cc(C(=O)Nc2cc(Cl)c(NC(=O)C(CC)S(=O)(=O)c3ccc(OC)nc3)c(Cl)c2O)cc1Cl. The Balaban J connectivity index is 1.65. The number of methoxy groups -OCH3 is 1. The molecule has 3 rings (SSSR count). The van der Waals surface area contributed by atoms with E-state index in [4.69, 9.17) is 55.9 Å². The molecule has 16 heteroatoms. The Labute approximate surface area is 318 Å². The molecule has 1 atom stereocenters. The number of carbonyl (C=O) groups excluding carboxylic acids is 3. The molecule has 1 aromatic heterocycles. The number of rotatable bonds is 19. The first-order valence-electron chi connectivity index (χ1n) is 16.5. The van der Waals surface area contributed by atoms with Crippen molar-refractivity contribution < 1.29 is 37.4 Å². The van der Waals surface area contributed by atoms with E-state index in [2.05, 4.69) is 22.5 Å². The summed E-state index contributed by atoms with van der Waals surface area (Å²) in [5.74, 6) is -2.81. The molecule has 51 heavy (non-hydrogen) atoms. The van der Waals surface area contributed by atoms with E-state index in [0.717, 1.165) is 31.5 Å². The summed E-state index contributed by atoms with van der Waals surface area (Å²) < 4.78 is 36.8. The van der Waals surface area contributed by atoms with E-state index in [0.29, 0.717) is 6.42 Å². The van der Waals surface area contributed by atoms with Crippen molar-refractivity contribution >= 4 is 85.4 Å². The third-order valence-electron chi connectivity index (χ3n) is 7.93. The smallest absolute Gasteiger partial charge is 0.311 e. The zero-order valence-corrected chi connectivity index (χ0v) is 32.3. The molecule has 3 aromatic rings. The van der Waals surface area contributed by atoms with Gasteiger partial charge in [-0.05, 0) is 37.1 Å². The fourth-order valence-electron chi connectivity index (χ4n) is 5.12. The number of esters is 1. The Morgan fingerprint density at radius 2 is 1.47 bits per heavy atom. The molecule has 2 aromatic carbocycles.